The lowest BCUT2D eigenvalue weighted by molar-refractivity contribution is -0.185. The van der Waals surface area contributed by atoms with Crippen LogP contribution in [0, 0.1) is 10.8 Å². The Morgan fingerprint density at radius 3 is 1.00 bits per heavy atom. The van der Waals surface area contributed by atoms with Crippen LogP contribution in [-0.4, -0.2) is 0 Å². The molecule has 0 aromatic rings. The predicted octanol–water partition coefficient (Wildman–Crippen LogP) is 3.12. The molecule has 0 nitrogen and oxygen atoms in total. The fraction of sp³-hybridized carbons (Fsp3) is 1.00. The van der Waals surface area contributed by atoms with Gasteiger partial charge in [-0.25, -0.2) is 0 Å². The van der Waals surface area contributed by atoms with E-state index in [4.69, 9.17) is 0 Å². The Hall–Kier alpha value is 0. The van der Waals surface area contributed by atoms with E-state index in [2.05, 4.69) is 0 Å². The highest BCUT2D eigenvalue weighted by Crippen LogP contribution is 2.74. The van der Waals surface area contributed by atoms with Gasteiger partial charge in [-0.3, -0.25) is 0 Å². The Labute approximate surface area is 63.0 Å². The lowest BCUT2D eigenvalue weighted by atomic mass is 9.36. The van der Waals surface area contributed by atoms with E-state index in [1.807, 2.05) is 0 Å². The molecule has 0 heteroatoms. The van der Waals surface area contributed by atoms with Crippen molar-refractivity contribution in [3.63, 3.8) is 0 Å². The molecule has 0 N–H and O–H groups in total. The van der Waals surface area contributed by atoms with Crippen molar-refractivity contribution >= 4 is 0 Å². The fourth-order valence-corrected chi connectivity index (χ4v) is 3.60. The summed E-state index contributed by atoms with van der Waals surface area (Å²) in [6.07, 6.45) is 12.6. The van der Waals surface area contributed by atoms with Gasteiger partial charge in [0.2, 0.25) is 0 Å². The topological polar surface area (TPSA) is 0 Å². The molecule has 0 aromatic carbocycles. The standard InChI is InChI=1S/C10H16/c1-3-9(4-1)7-8-10(9)5-2-6-10/h1-8H2. The van der Waals surface area contributed by atoms with Gasteiger partial charge in [-0.2, -0.15) is 0 Å². The van der Waals surface area contributed by atoms with Crippen LogP contribution < -0.4 is 0 Å². The summed E-state index contributed by atoms with van der Waals surface area (Å²) in [6.45, 7) is 0. The molecule has 0 radical (unpaired) electrons. The van der Waals surface area contributed by atoms with Crippen LogP contribution in [0.4, 0.5) is 0 Å². The zero-order valence-electron chi connectivity index (χ0n) is 6.66. The van der Waals surface area contributed by atoms with Gasteiger partial charge in [0.15, 0.2) is 0 Å². The largest absolute Gasteiger partial charge is 0.0522 e. The Balaban J connectivity index is 1.86. The van der Waals surface area contributed by atoms with E-state index in [0.29, 0.717) is 0 Å². The first-order chi connectivity index (χ1) is 4.87. The van der Waals surface area contributed by atoms with E-state index in [-0.39, 0.29) is 0 Å². The van der Waals surface area contributed by atoms with Crippen molar-refractivity contribution in [2.45, 2.75) is 51.4 Å². The number of fused-ring (bicyclic) bond motifs is 1. The third-order valence-corrected chi connectivity index (χ3v) is 4.83. The van der Waals surface area contributed by atoms with Crippen LogP contribution >= 0.6 is 0 Å². The van der Waals surface area contributed by atoms with Crippen LogP contribution in [0.25, 0.3) is 0 Å². The summed E-state index contributed by atoms with van der Waals surface area (Å²) < 4.78 is 0. The molecule has 0 amide bonds. The molecule has 3 aliphatic rings. The van der Waals surface area contributed by atoms with Gasteiger partial charge < -0.3 is 0 Å². The Bertz CT molecular complexity index is 130. The molecular weight excluding hydrogens is 120 g/mol. The summed E-state index contributed by atoms with van der Waals surface area (Å²) in [5.74, 6) is 0. The molecule has 0 saturated heterocycles. The average Bonchev–Trinajstić information content (AvgIpc) is 1.51. The first-order valence-corrected chi connectivity index (χ1v) is 4.87. The fourth-order valence-electron chi connectivity index (χ4n) is 3.60. The van der Waals surface area contributed by atoms with Crippen LogP contribution in [0.3, 0.4) is 0 Å². The first kappa shape index (κ1) is 5.62. The maximum atomic E-state index is 1.59. The van der Waals surface area contributed by atoms with E-state index in [1.54, 1.807) is 51.4 Å². The molecule has 0 aromatic heterocycles. The summed E-state index contributed by atoms with van der Waals surface area (Å²) in [7, 11) is 0. The molecule has 0 heterocycles. The summed E-state index contributed by atoms with van der Waals surface area (Å²) in [6, 6.07) is 0. The monoisotopic (exact) mass is 136 g/mol. The third-order valence-electron chi connectivity index (χ3n) is 4.83. The average molecular weight is 136 g/mol. The molecule has 3 rings (SSSR count). The highest BCUT2D eigenvalue weighted by Gasteiger charge is 2.62. The van der Waals surface area contributed by atoms with Gasteiger partial charge in [0.05, 0.1) is 0 Å². The molecule has 56 valence electrons. The molecule has 0 aliphatic heterocycles. The molecule has 3 saturated carbocycles. The maximum absolute atomic E-state index is 1.59. The van der Waals surface area contributed by atoms with Crippen LogP contribution in [0.15, 0.2) is 0 Å². The number of hydrogen-bond donors (Lipinski definition) is 0. The van der Waals surface area contributed by atoms with E-state index in [0.717, 1.165) is 10.8 Å². The minimum atomic E-state index is 0.936. The maximum Gasteiger partial charge on any atom is -0.0241 e. The number of rotatable bonds is 0. The molecule has 3 fully saturated rings. The van der Waals surface area contributed by atoms with Crippen molar-refractivity contribution in [2.24, 2.45) is 10.8 Å². The Kier molecular flexibility index (Phi) is 0.810. The lowest BCUT2D eigenvalue weighted by Gasteiger charge is -2.69. The molecule has 0 atom stereocenters. The molecule has 0 unspecified atom stereocenters. The SMILES string of the molecule is C1CC2(C1)CCC21CCC1. The smallest absolute Gasteiger partial charge is 0.0241 e. The van der Waals surface area contributed by atoms with Crippen molar-refractivity contribution in [3.05, 3.63) is 0 Å². The molecule has 2 spiro atoms. The van der Waals surface area contributed by atoms with Crippen molar-refractivity contribution in [1.82, 2.24) is 0 Å². The van der Waals surface area contributed by atoms with Crippen molar-refractivity contribution in [3.8, 4) is 0 Å². The summed E-state index contributed by atoms with van der Waals surface area (Å²) in [5, 5.41) is 0. The summed E-state index contributed by atoms with van der Waals surface area (Å²) >= 11 is 0. The quantitative estimate of drug-likeness (QED) is 0.480. The van der Waals surface area contributed by atoms with Crippen molar-refractivity contribution in [1.29, 1.82) is 0 Å². The second-order valence-corrected chi connectivity index (χ2v) is 4.77. The molecular formula is C10H16. The van der Waals surface area contributed by atoms with Gasteiger partial charge in [0.1, 0.15) is 0 Å². The Morgan fingerprint density at radius 2 is 0.900 bits per heavy atom. The van der Waals surface area contributed by atoms with Gasteiger partial charge in [0, 0.05) is 0 Å². The highest BCUT2D eigenvalue weighted by molar-refractivity contribution is 5.13. The molecule has 10 heavy (non-hydrogen) atoms. The van der Waals surface area contributed by atoms with Gasteiger partial charge in [-0.1, -0.05) is 12.8 Å². The first-order valence-electron chi connectivity index (χ1n) is 4.87. The zero-order chi connectivity index (χ0) is 6.66. The second-order valence-electron chi connectivity index (χ2n) is 4.77. The Morgan fingerprint density at radius 1 is 0.500 bits per heavy atom. The van der Waals surface area contributed by atoms with Crippen molar-refractivity contribution in [2.75, 3.05) is 0 Å². The summed E-state index contributed by atoms with van der Waals surface area (Å²) in [5.41, 5.74) is 1.87. The summed E-state index contributed by atoms with van der Waals surface area (Å²) in [4.78, 5) is 0. The van der Waals surface area contributed by atoms with E-state index in [1.165, 1.54) is 0 Å². The van der Waals surface area contributed by atoms with Gasteiger partial charge in [0.25, 0.3) is 0 Å². The number of hydrogen-bond acceptors (Lipinski definition) is 0. The van der Waals surface area contributed by atoms with Crippen LogP contribution in [0.5, 0.6) is 0 Å². The highest BCUT2D eigenvalue weighted by atomic mass is 14.7. The van der Waals surface area contributed by atoms with E-state index in [9.17, 15) is 0 Å². The van der Waals surface area contributed by atoms with Gasteiger partial charge in [-0.15, -0.1) is 0 Å². The molecule has 0 bridgehead atoms. The van der Waals surface area contributed by atoms with Gasteiger partial charge in [-0.05, 0) is 49.4 Å². The lowest BCUT2D eigenvalue weighted by Crippen LogP contribution is -2.58. The van der Waals surface area contributed by atoms with Crippen LogP contribution in [0.2, 0.25) is 0 Å². The van der Waals surface area contributed by atoms with Gasteiger partial charge >= 0.3 is 0 Å². The van der Waals surface area contributed by atoms with E-state index >= 15 is 0 Å². The normalized spacial score (nSPS) is 38.4. The van der Waals surface area contributed by atoms with Crippen molar-refractivity contribution < 1.29 is 0 Å². The van der Waals surface area contributed by atoms with Crippen LogP contribution in [-0.2, 0) is 0 Å². The van der Waals surface area contributed by atoms with Crippen LogP contribution in [0.1, 0.15) is 51.4 Å². The minimum absolute atomic E-state index is 0.936. The zero-order valence-corrected chi connectivity index (χ0v) is 6.66. The minimum Gasteiger partial charge on any atom is -0.0522 e. The predicted molar refractivity (Wildman–Crippen MR) is 41.8 cm³/mol. The second kappa shape index (κ2) is 1.44. The van der Waals surface area contributed by atoms with E-state index < -0.39 is 0 Å². The molecule has 3 aliphatic carbocycles. The third kappa shape index (κ3) is 0.383.